The minimum atomic E-state index is -0.379. The van der Waals surface area contributed by atoms with Crippen LogP contribution in [0.3, 0.4) is 0 Å². The van der Waals surface area contributed by atoms with E-state index >= 15 is 0 Å². The number of hydrogen-bond donors (Lipinski definition) is 1. The topological polar surface area (TPSA) is 69.6 Å². The van der Waals surface area contributed by atoms with Crippen molar-refractivity contribution in [3.05, 3.63) is 18.5 Å². The Labute approximate surface area is 118 Å². The molecule has 0 bridgehead atoms. The number of piperidine rings is 1. The van der Waals surface area contributed by atoms with Crippen LogP contribution in [0.5, 0.6) is 0 Å². The van der Waals surface area contributed by atoms with Gasteiger partial charge < -0.3 is 14.9 Å². The predicted octanol–water partition coefficient (Wildman–Crippen LogP) is 0.429. The molecule has 20 heavy (non-hydrogen) atoms. The molecule has 108 valence electrons. The van der Waals surface area contributed by atoms with E-state index in [1.54, 1.807) is 23.4 Å². The molecule has 2 aliphatic heterocycles. The molecule has 6 nitrogen and oxygen atoms in total. The molecule has 1 aromatic heterocycles. The number of rotatable bonds is 2. The number of nitrogens with zero attached hydrogens (tertiary/aromatic N) is 4. The molecule has 2 fully saturated rings. The SMILES string of the molecule is O=C([C@H]1CCCN1c1ncccn1)N1CCC[C@H](O)C1. The first-order valence-electron chi connectivity index (χ1n) is 7.26. The molecule has 0 saturated carbocycles. The van der Waals surface area contributed by atoms with Crippen molar-refractivity contribution in [2.75, 3.05) is 24.5 Å². The van der Waals surface area contributed by atoms with Crippen LogP contribution in [-0.2, 0) is 4.79 Å². The van der Waals surface area contributed by atoms with Crippen molar-refractivity contribution in [3.8, 4) is 0 Å². The Balaban J connectivity index is 1.73. The first-order chi connectivity index (χ1) is 9.75. The maximum atomic E-state index is 12.6. The van der Waals surface area contributed by atoms with E-state index in [4.69, 9.17) is 0 Å². The molecular weight excluding hydrogens is 256 g/mol. The van der Waals surface area contributed by atoms with E-state index in [-0.39, 0.29) is 18.1 Å². The van der Waals surface area contributed by atoms with Crippen LogP contribution in [0.25, 0.3) is 0 Å². The summed E-state index contributed by atoms with van der Waals surface area (Å²) in [6.45, 7) is 2.02. The smallest absolute Gasteiger partial charge is 0.245 e. The number of carbonyl (C=O) groups is 1. The number of aromatic nitrogens is 2. The lowest BCUT2D eigenvalue weighted by atomic mass is 10.1. The lowest BCUT2D eigenvalue weighted by Gasteiger charge is -2.34. The number of aliphatic hydroxyl groups is 1. The van der Waals surface area contributed by atoms with Crippen LogP contribution in [0.1, 0.15) is 25.7 Å². The molecular formula is C14H20N4O2. The van der Waals surface area contributed by atoms with Crippen molar-refractivity contribution >= 4 is 11.9 Å². The van der Waals surface area contributed by atoms with Crippen LogP contribution in [0, 0.1) is 0 Å². The third kappa shape index (κ3) is 2.60. The van der Waals surface area contributed by atoms with Gasteiger partial charge in [-0.15, -0.1) is 0 Å². The molecule has 2 atom stereocenters. The van der Waals surface area contributed by atoms with E-state index in [9.17, 15) is 9.90 Å². The average molecular weight is 276 g/mol. The quantitative estimate of drug-likeness (QED) is 0.848. The summed E-state index contributed by atoms with van der Waals surface area (Å²) in [5, 5.41) is 9.72. The summed E-state index contributed by atoms with van der Waals surface area (Å²) < 4.78 is 0. The maximum absolute atomic E-state index is 12.6. The summed E-state index contributed by atoms with van der Waals surface area (Å²) in [5.74, 6) is 0.731. The Hall–Kier alpha value is -1.69. The van der Waals surface area contributed by atoms with Crippen molar-refractivity contribution in [2.24, 2.45) is 0 Å². The second-order valence-corrected chi connectivity index (χ2v) is 5.48. The number of likely N-dealkylation sites (tertiary alicyclic amines) is 1. The lowest BCUT2D eigenvalue weighted by Crippen LogP contribution is -2.50. The van der Waals surface area contributed by atoms with Gasteiger partial charge in [-0.1, -0.05) is 0 Å². The van der Waals surface area contributed by atoms with Crippen molar-refractivity contribution in [3.63, 3.8) is 0 Å². The van der Waals surface area contributed by atoms with E-state index < -0.39 is 0 Å². The molecule has 1 amide bonds. The zero-order valence-electron chi connectivity index (χ0n) is 11.5. The standard InChI is InChI=1S/C14H20N4O2/c19-11-4-1-8-17(10-11)13(20)12-5-2-9-18(12)14-15-6-3-7-16-14/h3,6-7,11-12,19H,1-2,4-5,8-10H2/t11-,12+/m0/s1. The van der Waals surface area contributed by atoms with Crippen LogP contribution in [0.2, 0.25) is 0 Å². The minimum Gasteiger partial charge on any atom is -0.391 e. The molecule has 3 rings (SSSR count). The van der Waals surface area contributed by atoms with Crippen LogP contribution in [-0.4, -0.2) is 57.7 Å². The van der Waals surface area contributed by atoms with Gasteiger partial charge in [0.05, 0.1) is 6.10 Å². The molecule has 0 radical (unpaired) electrons. The minimum absolute atomic E-state index is 0.105. The summed E-state index contributed by atoms with van der Waals surface area (Å²) in [6.07, 6.45) is 6.51. The van der Waals surface area contributed by atoms with Crippen molar-refractivity contribution in [1.29, 1.82) is 0 Å². The van der Waals surface area contributed by atoms with Gasteiger partial charge in [-0.3, -0.25) is 4.79 Å². The van der Waals surface area contributed by atoms with Crippen LogP contribution in [0.4, 0.5) is 5.95 Å². The number of β-amino-alcohol motifs (C(OH)–C–C–N with tert-alkyl or cyclic N) is 1. The number of amides is 1. The van der Waals surface area contributed by atoms with Gasteiger partial charge >= 0.3 is 0 Å². The van der Waals surface area contributed by atoms with E-state index in [2.05, 4.69) is 9.97 Å². The number of hydrogen-bond acceptors (Lipinski definition) is 5. The molecule has 0 unspecified atom stereocenters. The highest BCUT2D eigenvalue weighted by atomic mass is 16.3. The van der Waals surface area contributed by atoms with Gasteiger partial charge in [0.25, 0.3) is 0 Å². The molecule has 0 spiro atoms. The zero-order chi connectivity index (χ0) is 13.9. The van der Waals surface area contributed by atoms with Gasteiger partial charge in [0, 0.05) is 32.0 Å². The van der Waals surface area contributed by atoms with Crippen LogP contribution in [0.15, 0.2) is 18.5 Å². The number of anilines is 1. The molecule has 6 heteroatoms. The fourth-order valence-electron chi connectivity index (χ4n) is 3.07. The second-order valence-electron chi connectivity index (χ2n) is 5.48. The van der Waals surface area contributed by atoms with Crippen LogP contribution < -0.4 is 4.90 Å². The Morgan fingerprint density at radius 3 is 2.70 bits per heavy atom. The Morgan fingerprint density at radius 2 is 1.95 bits per heavy atom. The summed E-state index contributed by atoms with van der Waals surface area (Å²) in [5.41, 5.74) is 0. The summed E-state index contributed by atoms with van der Waals surface area (Å²) in [4.78, 5) is 24.9. The highest BCUT2D eigenvalue weighted by Gasteiger charge is 2.36. The maximum Gasteiger partial charge on any atom is 0.245 e. The third-order valence-corrected chi connectivity index (χ3v) is 4.06. The molecule has 0 aliphatic carbocycles. The normalized spacial score (nSPS) is 26.9. The van der Waals surface area contributed by atoms with E-state index in [0.717, 1.165) is 38.8 Å². The lowest BCUT2D eigenvalue weighted by molar-refractivity contribution is -0.135. The summed E-state index contributed by atoms with van der Waals surface area (Å²) in [7, 11) is 0. The zero-order valence-corrected chi connectivity index (χ0v) is 11.5. The van der Waals surface area contributed by atoms with E-state index in [1.807, 2.05) is 4.90 Å². The number of carbonyl (C=O) groups excluding carboxylic acids is 1. The summed E-state index contributed by atoms with van der Waals surface area (Å²) in [6, 6.07) is 1.60. The Kier molecular flexibility index (Phi) is 3.82. The monoisotopic (exact) mass is 276 g/mol. The fourth-order valence-corrected chi connectivity index (χ4v) is 3.07. The highest BCUT2D eigenvalue weighted by Crippen LogP contribution is 2.24. The molecule has 3 heterocycles. The van der Waals surface area contributed by atoms with Gasteiger partial charge in [0.1, 0.15) is 6.04 Å². The largest absolute Gasteiger partial charge is 0.391 e. The van der Waals surface area contributed by atoms with Crippen molar-refractivity contribution < 1.29 is 9.90 Å². The molecule has 2 aliphatic rings. The van der Waals surface area contributed by atoms with Gasteiger partial charge in [0.15, 0.2) is 0 Å². The highest BCUT2D eigenvalue weighted by molar-refractivity contribution is 5.85. The van der Waals surface area contributed by atoms with Gasteiger partial charge in [-0.25, -0.2) is 9.97 Å². The Morgan fingerprint density at radius 1 is 1.20 bits per heavy atom. The second kappa shape index (κ2) is 5.75. The molecule has 1 N–H and O–H groups in total. The van der Waals surface area contributed by atoms with Crippen molar-refractivity contribution in [2.45, 2.75) is 37.8 Å². The van der Waals surface area contributed by atoms with E-state index in [0.29, 0.717) is 12.5 Å². The first kappa shape index (κ1) is 13.3. The molecule has 2 saturated heterocycles. The molecule has 1 aromatic rings. The fraction of sp³-hybridized carbons (Fsp3) is 0.643. The van der Waals surface area contributed by atoms with Gasteiger partial charge in [0.2, 0.25) is 11.9 Å². The van der Waals surface area contributed by atoms with Crippen LogP contribution >= 0.6 is 0 Å². The summed E-state index contributed by atoms with van der Waals surface area (Å²) >= 11 is 0. The Bertz CT molecular complexity index is 468. The first-order valence-corrected chi connectivity index (χ1v) is 7.26. The van der Waals surface area contributed by atoms with Crippen molar-refractivity contribution in [1.82, 2.24) is 14.9 Å². The third-order valence-electron chi connectivity index (χ3n) is 4.06. The van der Waals surface area contributed by atoms with Gasteiger partial charge in [-0.2, -0.15) is 0 Å². The molecule has 0 aromatic carbocycles. The average Bonchev–Trinajstić information content (AvgIpc) is 2.97. The van der Waals surface area contributed by atoms with Gasteiger partial charge in [-0.05, 0) is 31.7 Å². The predicted molar refractivity (Wildman–Crippen MR) is 74.2 cm³/mol. The number of aliphatic hydroxyl groups excluding tert-OH is 1. The van der Waals surface area contributed by atoms with E-state index in [1.165, 1.54) is 0 Å².